The number of aliphatic imine (C=N–C) groups is 1. The highest BCUT2D eigenvalue weighted by Crippen LogP contribution is 2.52. The van der Waals surface area contributed by atoms with E-state index >= 15 is 0 Å². The molecule has 0 unspecified atom stereocenters. The largest absolute Gasteiger partial charge is 0.463 e. The van der Waals surface area contributed by atoms with Crippen LogP contribution in [0.3, 0.4) is 0 Å². The van der Waals surface area contributed by atoms with Crippen molar-refractivity contribution in [2.45, 2.75) is 82.7 Å². The molecule has 2 aliphatic carbocycles. The molecule has 2 fully saturated rings. The molecule has 0 spiro atoms. The number of nitrogens with zero attached hydrogens (tertiary/aromatic N) is 8. The summed E-state index contributed by atoms with van der Waals surface area (Å²) in [7, 11) is 0. The van der Waals surface area contributed by atoms with E-state index in [9.17, 15) is 35.9 Å². The van der Waals surface area contributed by atoms with Crippen molar-refractivity contribution in [1.82, 2.24) is 34.7 Å². The minimum absolute atomic E-state index is 0.0269. The van der Waals surface area contributed by atoms with Gasteiger partial charge in [0.05, 0.1) is 41.8 Å². The van der Waals surface area contributed by atoms with Crippen LogP contribution >= 0.6 is 11.6 Å². The molecule has 3 aliphatic rings. The Morgan fingerprint density at radius 2 is 1.80 bits per heavy atom. The highest BCUT2D eigenvalue weighted by molar-refractivity contribution is 6.33. The Kier molecular flexibility index (Phi) is 9.70. The topological polar surface area (TPSA) is 146 Å². The van der Waals surface area contributed by atoms with Gasteiger partial charge in [-0.1, -0.05) is 55.8 Å². The summed E-state index contributed by atoms with van der Waals surface area (Å²) in [5, 5.41) is 12.3. The lowest BCUT2D eigenvalue weighted by atomic mass is 9.74. The van der Waals surface area contributed by atoms with Crippen LogP contribution in [-0.4, -0.2) is 72.0 Å². The minimum Gasteiger partial charge on any atom is -0.463 e. The van der Waals surface area contributed by atoms with Crippen molar-refractivity contribution < 1.29 is 40.7 Å². The molecule has 1 amide bonds. The van der Waals surface area contributed by atoms with Gasteiger partial charge >= 0.3 is 18.7 Å². The van der Waals surface area contributed by atoms with E-state index in [1.807, 2.05) is 0 Å². The predicted molar refractivity (Wildman–Crippen MR) is 186 cm³/mol. The third-order valence-corrected chi connectivity index (χ3v) is 10.8. The van der Waals surface area contributed by atoms with Crippen molar-refractivity contribution in [3.05, 3.63) is 71.1 Å². The van der Waals surface area contributed by atoms with Gasteiger partial charge in [0, 0.05) is 16.5 Å². The van der Waals surface area contributed by atoms with Crippen LogP contribution in [0.4, 0.5) is 26.3 Å². The first kappa shape index (κ1) is 38.3. The van der Waals surface area contributed by atoms with E-state index in [-0.39, 0.29) is 40.0 Å². The van der Waals surface area contributed by atoms with Gasteiger partial charge in [0.1, 0.15) is 18.6 Å². The first-order chi connectivity index (χ1) is 26.0. The summed E-state index contributed by atoms with van der Waals surface area (Å²) in [6, 6.07) is 9.08. The fourth-order valence-corrected chi connectivity index (χ4v) is 6.95. The lowest BCUT2D eigenvalue weighted by Crippen LogP contribution is -2.49. The van der Waals surface area contributed by atoms with E-state index in [1.165, 1.54) is 30.3 Å². The van der Waals surface area contributed by atoms with Gasteiger partial charge in [0.25, 0.3) is 5.91 Å². The average molecular weight is 792 g/mol. The molecule has 2 aromatic carbocycles. The number of carbonyl (C=O) groups excluding carboxylic acids is 2. The molecule has 55 heavy (non-hydrogen) atoms. The summed E-state index contributed by atoms with van der Waals surface area (Å²) in [5.41, 5.74) is 2.23. The maximum atomic E-state index is 14.9. The van der Waals surface area contributed by atoms with Crippen molar-refractivity contribution in [2.24, 2.45) is 21.6 Å². The van der Waals surface area contributed by atoms with E-state index in [1.54, 1.807) is 23.1 Å². The quantitative estimate of drug-likeness (QED) is 0.103. The van der Waals surface area contributed by atoms with Gasteiger partial charge in [-0.2, -0.15) is 46.7 Å². The summed E-state index contributed by atoms with van der Waals surface area (Å²) >= 11 is 6.43. The molecule has 0 saturated heterocycles. The second-order valence-electron chi connectivity index (χ2n) is 15.0. The van der Waals surface area contributed by atoms with E-state index < -0.39 is 72.7 Å². The lowest BCUT2D eigenvalue weighted by molar-refractivity contribution is -0.218. The van der Waals surface area contributed by atoms with Gasteiger partial charge in [0.2, 0.25) is 0 Å². The summed E-state index contributed by atoms with van der Waals surface area (Å²) in [5.74, 6) is -2.57. The molecule has 4 aromatic rings. The highest BCUT2D eigenvalue weighted by atomic mass is 35.5. The number of nitrogens with two attached hydrogens (primary N) is 1. The monoisotopic (exact) mass is 791 g/mol. The van der Waals surface area contributed by atoms with Gasteiger partial charge in [-0.25, -0.2) is 9.98 Å². The predicted octanol–water partition coefficient (Wildman–Crippen LogP) is 7.34. The van der Waals surface area contributed by atoms with Crippen LogP contribution in [0.15, 0.2) is 60.0 Å². The Hall–Kier alpha value is -5.00. The zero-order valence-electron chi connectivity index (χ0n) is 29.6. The van der Waals surface area contributed by atoms with Crippen LogP contribution in [0.2, 0.25) is 5.02 Å². The second kappa shape index (κ2) is 13.9. The number of rotatable bonds is 14. The molecular formula is C36H36ClF6N9O3. The van der Waals surface area contributed by atoms with Crippen LogP contribution in [0.1, 0.15) is 82.1 Å². The zero-order chi connectivity index (χ0) is 39.5. The maximum Gasteiger partial charge on any atom is 0.394 e. The number of carbonyl (C=O) groups is 2. The number of benzene rings is 2. The molecule has 0 radical (unpaired) electrons. The lowest BCUT2D eigenvalue weighted by Gasteiger charge is -2.37. The number of alkyl halides is 6. The number of ether oxygens (including phenoxy) is 1. The Balaban J connectivity index is 1.29. The van der Waals surface area contributed by atoms with Crippen LogP contribution < -0.4 is 5.73 Å². The van der Waals surface area contributed by atoms with Crippen LogP contribution in [0, 0.1) is 10.8 Å². The maximum absolute atomic E-state index is 14.9. The molecule has 1 aliphatic heterocycles. The van der Waals surface area contributed by atoms with Gasteiger partial charge in [-0.05, 0) is 55.4 Å². The van der Waals surface area contributed by atoms with Gasteiger partial charge in [-0.15, -0.1) is 0 Å². The fraction of sp³-hybridized carbons (Fsp3) is 0.472. The molecule has 12 nitrogen and oxygen atoms in total. The number of hydrogen-bond donors (Lipinski definition) is 1. The molecule has 2 aromatic heterocycles. The van der Waals surface area contributed by atoms with Crippen molar-refractivity contribution in [3.8, 4) is 22.6 Å². The second-order valence-corrected chi connectivity index (χ2v) is 15.4. The Morgan fingerprint density at radius 3 is 2.42 bits per heavy atom. The molecular weight excluding hydrogens is 756 g/mol. The van der Waals surface area contributed by atoms with Crippen molar-refractivity contribution in [1.29, 1.82) is 0 Å². The van der Waals surface area contributed by atoms with Gasteiger partial charge in [0.15, 0.2) is 17.3 Å². The number of amides is 1. The smallest absolute Gasteiger partial charge is 0.394 e. The van der Waals surface area contributed by atoms with Crippen LogP contribution in [0.5, 0.6) is 0 Å². The molecule has 292 valence electrons. The van der Waals surface area contributed by atoms with E-state index in [2.05, 4.69) is 25.3 Å². The Labute approximate surface area is 315 Å². The van der Waals surface area contributed by atoms with E-state index in [0.717, 1.165) is 37.9 Å². The number of esters is 1. The first-order valence-electron chi connectivity index (χ1n) is 17.5. The molecule has 7 rings (SSSR count). The van der Waals surface area contributed by atoms with Crippen molar-refractivity contribution in [3.63, 3.8) is 0 Å². The summed E-state index contributed by atoms with van der Waals surface area (Å²) in [6.45, 7) is -2.56. The summed E-state index contributed by atoms with van der Waals surface area (Å²) < 4.78 is 91.0. The highest BCUT2D eigenvalue weighted by Gasteiger charge is 2.59. The third-order valence-electron chi connectivity index (χ3n) is 10.5. The van der Waals surface area contributed by atoms with Crippen LogP contribution in [-0.2, 0) is 19.9 Å². The number of aromatic nitrogens is 6. The molecule has 2 atom stereocenters. The number of guanidine groups is 1. The number of halogens is 7. The molecule has 19 heteroatoms. The first-order valence-corrected chi connectivity index (χ1v) is 17.8. The third kappa shape index (κ3) is 7.27. The summed E-state index contributed by atoms with van der Waals surface area (Å²) in [6.07, 6.45) is -0.564. The zero-order valence-corrected chi connectivity index (χ0v) is 30.4. The van der Waals surface area contributed by atoms with Gasteiger partial charge < -0.3 is 10.5 Å². The molecule has 0 bridgehead atoms. The SMILES string of the molecule is CC(C)(C[C@]1(c2ccc(-c3cnn(C4CC4)n3)cc2)N=C(N)N([C@H](COC(=O)CC2(CF)CC2)c2ccc(Cl)c(-c3ncnn3C(F)F)c2)C1=O)C(F)(F)F. The number of hydrogen-bond acceptors (Lipinski definition) is 9. The normalized spacial score (nSPS) is 20.2. The average Bonchev–Trinajstić information content (AvgIpc) is 3.99. The minimum atomic E-state index is -4.78. The van der Waals surface area contributed by atoms with E-state index in [0.29, 0.717) is 28.8 Å². The van der Waals surface area contributed by atoms with Crippen molar-refractivity contribution >= 4 is 29.4 Å². The van der Waals surface area contributed by atoms with E-state index in [4.69, 9.17) is 22.1 Å². The van der Waals surface area contributed by atoms with Crippen LogP contribution in [0.25, 0.3) is 22.6 Å². The molecule has 2 saturated carbocycles. The Morgan fingerprint density at radius 1 is 1.09 bits per heavy atom. The Bertz CT molecular complexity index is 2130. The fourth-order valence-electron chi connectivity index (χ4n) is 6.74. The van der Waals surface area contributed by atoms with Crippen molar-refractivity contribution in [2.75, 3.05) is 13.3 Å². The van der Waals surface area contributed by atoms with Gasteiger partial charge in [-0.3, -0.25) is 18.9 Å². The standard InChI is InChI=1S/C36H36ClF6N9O3/c1-33(2,36(41,42)43)17-35(22-6-3-20(4-7-22)26-15-46-52(49-26)23-8-9-23)30(54)50(32(44)48-35)27(16-55-28(53)14-34(18-38)11-12-34)21-5-10-25(37)24(13-21)29-45-19-47-51(29)31(39)40/h3-7,10,13,15,19,23,27,31H,8-9,11-12,14,16-18H2,1-2H3,(H2,44,48)/t27-,35-/m1/s1. The molecule has 3 heterocycles. The molecule has 2 N–H and O–H groups in total. The summed E-state index contributed by atoms with van der Waals surface area (Å²) in [4.78, 5) is 38.9.